The summed E-state index contributed by atoms with van der Waals surface area (Å²) in [6.45, 7) is 4.55. The topological polar surface area (TPSA) is 92.9 Å². The summed E-state index contributed by atoms with van der Waals surface area (Å²) < 4.78 is 44.8. The average Bonchev–Trinajstić information content (AvgIpc) is 3.68. The van der Waals surface area contributed by atoms with Crippen LogP contribution in [-0.2, 0) is 6.18 Å². The van der Waals surface area contributed by atoms with Crippen molar-refractivity contribution in [3.8, 4) is 5.69 Å². The van der Waals surface area contributed by atoms with Gasteiger partial charge in [0.1, 0.15) is 11.3 Å². The van der Waals surface area contributed by atoms with Crippen LogP contribution in [0.4, 0.5) is 24.8 Å². The third-order valence-corrected chi connectivity index (χ3v) is 7.40. The van der Waals surface area contributed by atoms with Crippen LogP contribution in [0.25, 0.3) is 16.7 Å². The first kappa shape index (κ1) is 25.4. The molecule has 1 aliphatic carbocycles. The van der Waals surface area contributed by atoms with Gasteiger partial charge in [0.15, 0.2) is 0 Å². The predicted octanol–water partition coefficient (Wildman–Crippen LogP) is 4.85. The monoisotopic (exact) mass is 538 g/mol. The van der Waals surface area contributed by atoms with Gasteiger partial charge in [-0.25, -0.2) is 9.97 Å². The number of carbonyl (C=O) groups is 1. The van der Waals surface area contributed by atoms with E-state index in [-0.39, 0.29) is 23.6 Å². The molecule has 0 atom stereocenters. The molecule has 1 aliphatic heterocycles. The molecule has 4 heterocycles. The van der Waals surface area contributed by atoms with E-state index in [9.17, 15) is 18.0 Å². The maximum absolute atomic E-state index is 13.7. The zero-order valence-corrected chi connectivity index (χ0v) is 21.5. The number of alkyl halides is 3. The van der Waals surface area contributed by atoms with Crippen molar-refractivity contribution >= 4 is 28.6 Å². The summed E-state index contributed by atoms with van der Waals surface area (Å²) in [6.07, 6.45) is 4.25. The van der Waals surface area contributed by atoms with Gasteiger partial charge in [0.25, 0.3) is 5.91 Å². The van der Waals surface area contributed by atoms with Crippen LogP contribution >= 0.6 is 0 Å². The van der Waals surface area contributed by atoms with Crippen LogP contribution in [0, 0.1) is 6.92 Å². The highest BCUT2D eigenvalue weighted by Gasteiger charge is 2.32. The SMILES string of the molecule is Cc1cn(-c2cc(Nc3ncc4cc(C(=O)N5CCNCC5)n(C5CCCC5)c4n3)cc(C(F)(F)F)c2)cn1. The van der Waals surface area contributed by atoms with Gasteiger partial charge in [0, 0.05) is 61.4 Å². The molecule has 2 N–H and O–H groups in total. The summed E-state index contributed by atoms with van der Waals surface area (Å²) in [6, 6.07) is 5.69. The Kier molecular flexibility index (Phi) is 6.49. The average molecular weight is 539 g/mol. The Balaban J connectivity index is 1.39. The molecule has 12 heteroatoms. The molecule has 6 rings (SSSR count). The Bertz CT molecular complexity index is 1510. The van der Waals surface area contributed by atoms with Crippen LogP contribution in [0.1, 0.15) is 53.5 Å². The minimum absolute atomic E-state index is 0.0333. The molecule has 4 aromatic rings. The molecule has 39 heavy (non-hydrogen) atoms. The van der Waals surface area contributed by atoms with Gasteiger partial charge < -0.3 is 24.7 Å². The van der Waals surface area contributed by atoms with Gasteiger partial charge in [0.05, 0.1) is 17.6 Å². The van der Waals surface area contributed by atoms with E-state index in [1.54, 1.807) is 30.0 Å². The molecular formula is C27H29F3N8O. The molecule has 0 spiro atoms. The van der Waals surface area contributed by atoms with E-state index >= 15 is 0 Å². The third-order valence-electron chi connectivity index (χ3n) is 7.40. The predicted molar refractivity (Wildman–Crippen MR) is 140 cm³/mol. The lowest BCUT2D eigenvalue weighted by Gasteiger charge is -2.28. The van der Waals surface area contributed by atoms with Crippen LogP contribution in [0.2, 0.25) is 0 Å². The van der Waals surface area contributed by atoms with E-state index in [2.05, 4.69) is 20.6 Å². The number of halogens is 3. The largest absolute Gasteiger partial charge is 0.416 e. The van der Waals surface area contributed by atoms with Gasteiger partial charge in [-0.3, -0.25) is 4.79 Å². The highest BCUT2D eigenvalue weighted by atomic mass is 19.4. The lowest BCUT2D eigenvalue weighted by atomic mass is 10.1. The van der Waals surface area contributed by atoms with E-state index < -0.39 is 11.7 Å². The normalized spacial score (nSPS) is 16.8. The quantitative estimate of drug-likeness (QED) is 0.378. The summed E-state index contributed by atoms with van der Waals surface area (Å²) in [4.78, 5) is 28.6. The van der Waals surface area contributed by atoms with Crippen molar-refractivity contribution in [3.63, 3.8) is 0 Å². The number of fused-ring (bicyclic) bond motifs is 1. The molecule has 0 radical (unpaired) electrons. The zero-order valence-electron chi connectivity index (χ0n) is 21.5. The molecule has 1 saturated heterocycles. The minimum atomic E-state index is -4.54. The van der Waals surface area contributed by atoms with E-state index in [0.29, 0.717) is 35.8 Å². The molecule has 2 fully saturated rings. The molecule has 0 bridgehead atoms. The summed E-state index contributed by atoms with van der Waals surface area (Å²) in [5.41, 5.74) is 1.59. The highest BCUT2D eigenvalue weighted by molar-refractivity contribution is 5.98. The van der Waals surface area contributed by atoms with Gasteiger partial charge in [-0.15, -0.1) is 0 Å². The molecular weight excluding hydrogens is 509 g/mol. The van der Waals surface area contributed by atoms with Gasteiger partial charge in [-0.2, -0.15) is 18.2 Å². The van der Waals surface area contributed by atoms with Gasteiger partial charge in [0.2, 0.25) is 5.95 Å². The maximum Gasteiger partial charge on any atom is 0.416 e. The number of aromatic nitrogens is 5. The molecule has 1 aromatic carbocycles. The second kappa shape index (κ2) is 9.99. The fourth-order valence-electron chi connectivity index (χ4n) is 5.48. The Morgan fingerprint density at radius 1 is 1.08 bits per heavy atom. The number of nitrogens with one attached hydrogen (secondary N) is 2. The molecule has 0 unspecified atom stereocenters. The number of hydrogen-bond donors (Lipinski definition) is 2. The number of nitrogens with zero attached hydrogens (tertiary/aromatic N) is 6. The number of benzene rings is 1. The second-order valence-electron chi connectivity index (χ2n) is 10.2. The Hall–Kier alpha value is -3.93. The molecule has 3 aromatic heterocycles. The number of amides is 1. The Morgan fingerprint density at radius 2 is 1.85 bits per heavy atom. The summed E-state index contributed by atoms with van der Waals surface area (Å²) in [7, 11) is 0. The second-order valence-corrected chi connectivity index (χ2v) is 10.2. The van der Waals surface area contributed by atoms with E-state index in [1.165, 1.54) is 6.33 Å². The van der Waals surface area contributed by atoms with Gasteiger partial charge >= 0.3 is 6.18 Å². The summed E-state index contributed by atoms with van der Waals surface area (Å²) in [5.74, 6) is 0.127. The Labute approximate surface area is 223 Å². The number of piperazine rings is 1. The fourth-order valence-corrected chi connectivity index (χ4v) is 5.48. The lowest BCUT2D eigenvalue weighted by molar-refractivity contribution is -0.137. The van der Waals surface area contributed by atoms with Crippen molar-refractivity contribution in [2.24, 2.45) is 0 Å². The maximum atomic E-state index is 13.7. The molecule has 2 aliphatic rings. The van der Waals surface area contributed by atoms with Crippen LogP contribution in [0.5, 0.6) is 0 Å². The number of hydrogen-bond acceptors (Lipinski definition) is 6. The van der Waals surface area contributed by atoms with Crippen molar-refractivity contribution in [1.82, 2.24) is 34.3 Å². The number of anilines is 2. The number of imidazole rings is 1. The summed E-state index contributed by atoms with van der Waals surface area (Å²) in [5, 5.41) is 6.97. The van der Waals surface area contributed by atoms with Crippen LogP contribution < -0.4 is 10.6 Å². The smallest absolute Gasteiger partial charge is 0.335 e. The van der Waals surface area contributed by atoms with E-state index in [0.717, 1.165) is 56.3 Å². The lowest BCUT2D eigenvalue weighted by Crippen LogP contribution is -2.47. The third kappa shape index (κ3) is 5.08. The number of aryl methyl sites for hydroxylation is 1. The summed E-state index contributed by atoms with van der Waals surface area (Å²) >= 11 is 0. The first-order chi connectivity index (χ1) is 18.8. The standard InChI is InChI=1S/C27H29F3N8O/c1-17-15-37(16-33-17)22-12-19(27(28,29)30)11-20(13-22)34-26-32-14-18-10-23(25(39)36-8-6-31-7-9-36)38(24(18)35-26)21-4-2-3-5-21/h10-16,21,31H,2-9H2,1H3,(H,32,34,35). The fraction of sp³-hybridized carbons (Fsp3) is 0.407. The first-order valence-corrected chi connectivity index (χ1v) is 13.1. The molecule has 1 saturated carbocycles. The van der Waals surface area contributed by atoms with Crippen molar-refractivity contribution in [3.05, 3.63) is 59.9 Å². The number of carbonyl (C=O) groups excluding carboxylic acids is 1. The Morgan fingerprint density at radius 3 is 2.54 bits per heavy atom. The molecule has 1 amide bonds. The number of rotatable bonds is 5. The van der Waals surface area contributed by atoms with Crippen LogP contribution in [-0.4, -0.2) is 61.1 Å². The molecule has 9 nitrogen and oxygen atoms in total. The van der Waals surface area contributed by atoms with Crippen molar-refractivity contribution in [2.45, 2.75) is 44.8 Å². The van der Waals surface area contributed by atoms with Crippen LogP contribution in [0.3, 0.4) is 0 Å². The zero-order chi connectivity index (χ0) is 27.1. The van der Waals surface area contributed by atoms with Gasteiger partial charge in [-0.05, 0) is 44.0 Å². The van der Waals surface area contributed by atoms with Gasteiger partial charge in [-0.1, -0.05) is 12.8 Å². The van der Waals surface area contributed by atoms with E-state index in [1.807, 2.05) is 15.5 Å². The molecule has 204 valence electrons. The minimum Gasteiger partial charge on any atom is -0.335 e. The van der Waals surface area contributed by atoms with Crippen molar-refractivity contribution in [2.75, 3.05) is 31.5 Å². The highest BCUT2D eigenvalue weighted by Crippen LogP contribution is 2.36. The van der Waals surface area contributed by atoms with Crippen LogP contribution in [0.15, 0.2) is 43.0 Å². The van der Waals surface area contributed by atoms with Crippen molar-refractivity contribution < 1.29 is 18.0 Å². The van der Waals surface area contributed by atoms with Crippen molar-refractivity contribution in [1.29, 1.82) is 0 Å². The first-order valence-electron chi connectivity index (χ1n) is 13.1. The van der Waals surface area contributed by atoms with E-state index in [4.69, 9.17) is 4.98 Å².